The number of phenolic OH excluding ortho intramolecular Hbond substituents is 1. The van der Waals surface area contributed by atoms with Crippen molar-refractivity contribution in [2.24, 2.45) is 0 Å². The van der Waals surface area contributed by atoms with E-state index >= 15 is 0 Å². The van der Waals surface area contributed by atoms with Crippen LogP contribution in [0.2, 0.25) is 0 Å². The van der Waals surface area contributed by atoms with Gasteiger partial charge in [0, 0.05) is 11.3 Å². The molecule has 0 heterocycles. The molecule has 1 amide bonds. The molecule has 0 aliphatic heterocycles. The second-order valence-electron chi connectivity index (χ2n) is 5.56. The lowest BCUT2D eigenvalue weighted by molar-refractivity contribution is 0.102. The zero-order valence-corrected chi connectivity index (χ0v) is 13.3. The van der Waals surface area contributed by atoms with Crippen molar-refractivity contribution in [3.05, 3.63) is 53.1 Å². The molecule has 4 heteroatoms. The predicted octanol–water partition coefficient (Wildman–Crippen LogP) is 4.08. The van der Waals surface area contributed by atoms with Crippen LogP contribution in [-0.4, -0.2) is 18.1 Å². The summed E-state index contributed by atoms with van der Waals surface area (Å²) in [6.45, 7) is 5.85. The first-order chi connectivity index (χ1) is 10.4. The highest BCUT2D eigenvalue weighted by Crippen LogP contribution is 2.31. The van der Waals surface area contributed by atoms with Gasteiger partial charge in [-0.3, -0.25) is 4.79 Å². The highest BCUT2D eigenvalue weighted by molar-refractivity contribution is 6.04. The first-order valence-corrected chi connectivity index (χ1v) is 7.21. The van der Waals surface area contributed by atoms with Crippen LogP contribution >= 0.6 is 0 Å². The number of carbonyl (C=O) groups excluding carboxylic acids is 1. The largest absolute Gasteiger partial charge is 0.508 e. The molecule has 2 aromatic rings. The minimum Gasteiger partial charge on any atom is -0.508 e. The Bertz CT molecular complexity index is 675. The van der Waals surface area contributed by atoms with Crippen LogP contribution < -0.4 is 10.1 Å². The third-order valence-electron chi connectivity index (χ3n) is 3.59. The van der Waals surface area contributed by atoms with Crippen molar-refractivity contribution in [2.75, 3.05) is 12.4 Å². The fraction of sp³-hybridized carbons (Fsp3) is 0.278. The van der Waals surface area contributed by atoms with E-state index in [1.54, 1.807) is 43.5 Å². The predicted molar refractivity (Wildman–Crippen MR) is 87.9 cm³/mol. The lowest BCUT2D eigenvalue weighted by Gasteiger charge is -2.16. The summed E-state index contributed by atoms with van der Waals surface area (Å²) in [7, 11) is 1.59. The lowest BCUT2D eigenvalue weighted by Crippen LogP contribution is -2.14. The number of phenols is 1. The van der Waals surface area contributed by atoms with Crippen LogP contribution in [0, 0.1) is 6.92 Å². The maximum absolute atomic E-state index is 12.4. The van der Waals surface area contributed by atoms with Crippen molar-refractivity contribution in [1.82, 2.24) is 0 Å². The molecule has 2 aromatic carbocycles. The number of rotatable bonds is 4. The van der Waals surface area contributed by atoms with Gasteiger partial charge in [-0.1, -0.05) is 13.8 Å². The molecule has 22 heavy (non-hydrogen) atoms. The summed E-state index contributed by atoms with van der Waals surface area (Å²) in [4.78, 5) is 12.4. The van der Waals surface area contributed by atoms with Crippen molar-refractivity contribution < 1.29 is 14.6 Å². The third-order valence-corrected chi connectivity index (χ3v) is 3.59. The third kappa shape index (κ3) is 3.39. The van der Waals surface area contributed by atoms with Crippen LogP contribution in [-0.2, 0) is 0 Å². The molecular formula is C18H21NO3. The second kappa shape index (κ2) is 6.52. The second-order valence-corrected chi connectivity index (χ2v) is 5.56. The summed E-state index contributed by atoms with van der Waals surface area (Å²) < 4.78 is 5.09. The average molecular weight is 299 g/mol. The average Bonchev–Trinajstić information content (AvgIpc) is 2.50. The van der Waals surface area contributed by atoms with E-state index in [1.807, 2.05) is 20.8 Å². The molecule has 0 aliphatic carbocycles. The van der Waals surface area contributed by atoms with Crippen LogP contribution in [0.4, 0.5) is 5.69 Å². The van der Waals surface area contributed by atoms with Gasteiger partial charge in [-0.15, -0.1) is 0 Å². The molecule has 0 fully saturated rings. The van der Waals surface area contributed by atoms with Crippen molar-refractivity contribution in [1.29, 1.82) is 0 Å². The number of aryl methyl sites for hydroxylation is 1. The van der Waals surface area contributed by atoms with E-state index in [-0.39, 0.29) is 17.6 Å². The Labute approximate surface area is 130 Å². The van der Waals surface area contributed by atoms with Gasteiger partial charge in [-0.05, 0) is 60.4 Å². The zero-order chi connectivity index (χ0) is 16.3. The lowest BCUT2D eigenvalue weighted by atomic mass is 9.98. The van der Waals surface area contributed by atoms with Crippen LogP contribution in [0.3, 0.4) is 0 Å². The number of hydrogen-bond acceptors (Lipinski definition) is 3. The number of nitrogens with one attached hydrogen (secondary N) is 1. The highest BCUT2D eigenvalue weighted by Gasteiger charge is 2.14. The van der Waals surface area contributed by atoms with Gasteiger partial charge in [-0.25, -0.2) is 0 Å². The molecule has 4 nitrogen and oxygen atoms in total. The number of hydrogen-bond donors (Lipinski definition) is 2. The van der Waals surface area contributed by atoms with Crippen molar-refractivity contribution in [3.63, 3.8) is 0 Å². The minimum atomic E-state index is -0.186. The minimum absolute atomic E-state index is 0.186. The van der Waals surface area contributed by atoms with E-state index in [4.69, 9.17) is 4.74 Å². The molecule has 0 bridgehead atoms. The number of amides is 1. The summed E-state index contributed by atoms with van der Waals surface area (Å²) in [6, 6.07) is 10.4. The molecule has 0 saturated heterocycles. The molecule has 0 spiro atoms. The number of ether oxygens (including phenoxy) is 1. The fourth-order valence-corrected chi connectivity index (χ4v) is 2.24. The smallest absolute Gasteiger partial charge is 0.255 e. The molecular weight excluding hydrogens is 278 g/mol. The Hall–Kier alpha value is -2.49. The molecule has 116 valence electrons. The topological polar surface area (TPSA) is 58.6 Å². The van der Waals surface area contributed by atoms with Crippen LogP contribution in [0.25, 0.3) is 0 Å². The number of anilines is 1. The number of carbonyl (C=O) groups is 1. The van der Waals surface area contributed by atoms with Gasteiger partial charge in [0.05, 0.1) is 7.11 Å². The van der Waals surface area contributed by atoms with Crippen LogP contribution in [0.15, 0.2) is 36.4 Å². The molecule has 0 aromatic heterocycles. The maximum Gasteiger partial charge on any atom is 0.255 e. The summed E-state index contributed by atoms with van der Waals surface area (Å²) in [6.07, 6.45) is 0. The van der Waals surface area contributed by atoms with E-state index in [1.165, 1.54) is 0 Å². The van der Waals surface area contributed by atoms with Gasteiger partial charge in [-0.2, -0.15) is 0 Å². The standard InChI is InChI=1S/C18H21NO3/c1-11(2)15-10-17(20)12(3)9-16(15)19-18(21)13-5-7-14(22-4)8-6-13/h5-11,20H,1-4H3,(H,19,21). The number of aromatic hydroxyl groups is 1. The molecule has 0 unspecified atom stereocenters. The van der Waals surface area contributed by atoms with Gasteiger partial charge < -0.3 is 15.2 Å². The first-order valence-electron chi connectivity index (χ1n) is 7.21. The molecule has 0 aliphatic rings. The van der Waals surface area contributed by atoms with Crippen LogP contribution in [0.5, 0.6) is 11.5 Å². The molecule has 2 N–H and O–H groups in total. The van der Waals surface area contributed by atoms with Gasteiger partial charge >= 0.3 is 0 Å². The van der Waals surface area contributed by atoms with Crippen molar-refractivity contribution in [2.45, 2.75) is 26.7 Å². The van der Waals surface area contributed by atoms with E-state index in [0.29, 0.717) is 11.3 Å². The molecule has 0 atom stereocenters. The van der Waals surface area contributed by atoms with Gasteiger partial charge in [0.25, 0.3) is 5.91 Å². The van der Waals surface area contributed by atoms with Crippen molar-refractivity contribution >= 4 is 11.6 Å². The molecule has 0 saturated carbocycles. The van der Waals surface area contributed by atoms with Crippen molar-refractivity contribution in [3.8, 4) is 11.5 Å². The Morgan fingerprint density at radius 2 is 1.82 bits per heavy atom. The van der Waals surface area contributed by atoms with Gasteiger partial charge in [0.1, 0.15) is 11.5 Å². The Morgan fingerprint density at radius 3 is 2.36 bits per heavy atom. The van der Waals surface area contributed by atoms with Gasteiger partial charge in [0.15, 0.2) is 0 Å². The Balaban J connectivity index is 2.29. The zero-order valence-electron chi connectivity index (χ0n) is 13.3. The summed E-state index contributed by atoms with van der Waals surface area (Å²) in [5.41, 5.74) is 2.92. The fourth-order valence-electron chi connectivity index (χ4n) is 2.24. The first kappa shape index (κ1) is 15.9. The van der Waals surface area contributed by atoms with E-state index in [2.05, 4.69) is 5.32 Å². The Kier molecular flexibility index (Phi) is 4.71. The van der Waals surface area contributed by atoms with Gasteiger partial charge in [0.2, 0.25) is 0 Å². The molecule has 0 radical (unpaired) electrons. The van der Waals surface area contributed by atoms with E-state index in [0.717, 1.165) is 16.8 Å². The van der Waals surface area contributed by atoms with E-state index < -0.39 is 0 Å². The Morgan fingerprint density at radius 1 is 1.18 bits per heavy atom. The maximum atomic E-state index is 12.4. The summed E-state index contributed by atoms with van der Waals surface area (Å²) in [5, 5.41) is 12.8. The summed E-state index contributed by atoms with van der Waals surface area (Å²) in [5.74, 6) is 0.957. The molecule has 2 rings (SSSR count). The summed E-state index contributed by atoms with van der Waals surface area (Å²) >= 11 is 0. The van der Waals surface area contributed by atoms with E-state index in [9.17, 15) is 9.90 Å². The quantitative estimate of drug-likeness (QED) is 0.836. The SMILES string of the molecule is COc1ccc(C(=O)Nc2cc(C)c(O)cc2C(C)C)cc1. The van der Waals surface area contributed by atoms with Crippen LogP contribution in [0.1, 0.15) is 41.3 Å². The monoisotopic (exact) mass is 299 g/mol. The highest BCUT2D eigenvalue weighted by atomic mass is 16.5. The normalized spacial score (nSPS) is 10.6. The number of benzene rings is 2. The number of methoxy groups -OCH3 is 1.